The lowest BCUT2D eigenvalue weighted by atomic mass is 10.1. The highest BCUT2D eigenvalue weighted by Gasteiger charge is 2.21. The van der Waals surface area contributed by atoms with Crippen LogP contribution in [-0.4, -0.2) is 14.5 Å². The van der Waals surface area contributed by atoms with Crippen molar-refractivity contribution in [2.45, 2.75) is 19.4 Å². The highest BCUT2D eigenvalue weighted by atomic mass is 35.5. The first kappa shape index (κ1) is 16.5. The quantitative estimate of drug-likeness (QED) is 0.787. The minimum absolute atomic E-state index is 0.0543. The van der Waals surface area contributed by atoms with Gasteiger partial charge in [-0.15, -0.1) is 0 Å². The third-order valence-corrected chi connectivity index (χ3v) is 3.99. The highest BCUT2D eigenvalue weighted by Crippen LogP contribution is 2.25. The van der Waals surface area contributed by atoms with Crippen molar-refractivity contribution < 1.29 is 8.78 Å². The van der Waals surface area contributed by atoms with E-state index < -0.39 is 23.2 Å². The smallest absolute Gasteiger partial charge is 0.267 e. The second-order valence-corrected chi connectivity index (χ2v) is 5.65. The molecule has 0 spiro atoms. The van der Waals surface area contributed by atoms with Crippen LogP contribution in [0.3, 0.4) is 0 Å². The maximum absolute atomic E-state index is 14.1. The summed E-state index contributed by atoms with van der Waals surface area (Å²) in [5.41, 5.74) is 5.38. The Bertz CT molecular complexity index is 990. The van der Waals surface area contributed by atoms with Crippen LogP contribution < -0.4 is 11.3 Å². The molecule has 0 aliphatic heterocycles. The number of fused-ring (bicyclic) bond motifs is 1. The van der Waals surface area contributed by atoms with Crippen molar-refractivity contribution in [3.63, 3.8) is 0 Å². The van der Waals surface area contributed by atoms with E-state index in [1.54, 1.807) is 6.92 Å². The fraction of sp³-hybridized carbons (Fsp3) is 0.188. The number of benzene rings is 1. The van der Waals surface area contributed by atoms with Gasteiger partial charge in [-0.3, -0.25) is 14.3 Å². The van der Waals surface area contributed by atoms with Crippen molar-refractivity contribution in [1.29, 1.82) is 0 Å². The van der Waals surface area contributed by atoms with Gasteiger partial charge in [0.05, 0.1) is 34.5 Å². The third kappa shape index (κ3) is 2.65. The maximum atomic E-state index is 14.1. The van der Waals surface area contributed by atoms with Gasteiger partial charge in [0.25, 0.3) is 5.56 Å². The Morgan fingerprint density at radius 1 is 1.33 bits per heavy atom. The number of hydrogen-bond donors (Lipinski definition) is 1. The molecule has 2 heterocycles. The summed E-state index contributed by atoms with van der Waals surface area (Å²) in [7, 11) is 0. The summed E-state index contributed by atoms with van der Waals surface area (Å²) in [6, 6.07) is 2.88. The molecule has 0 saturated carbocycles. The largest absolute Gasteiger partial charge is 0.321 e. The number of rotatable bonds is 3. The predicted octanol–water partition coefficient (Wildman–Crippen LogP) is 3.12. The molecule has 8 heteroatoms. The number of hydrogen-bond acceptors (Lipinski definition) is 4. The number of aromatic nitrogens is 3. The lowest BCUT2D eigenvalue weighted by Crippen LogP contribution is -2.29. The lowest BCUT2D eigenvalue weighted by Gasteiger charge is -2.17. The van der Waals surface area contributed by atoms with Crippen molar-refractivity contribution in [3.05, 3.63) is 63.4 Å². The number of nitrogens with zero attached hydrogens (tertiary/aromatic N) is 3. The Morgan fingerprint density at radius 2 is 2.08 bits per heavy atom. The molecule has 1 unspecified atom stereocenters. The van der Waals surface area contributed by atoms with Crippen LogP contribution in [0.25, 0.3) is 16.6 Å². The van der Waals surface area contributed by atoms with E-state index in [4.69, 9.17) is 17.3 Å². The first-order valence-corrected chi connectivity index (χ1v) is 7.59. The van der Waals surface area contributed by atoms with Crippen molar-refractivity contribution in [2.75, 3.05) is 0 Å². The standard InChI is InChI=1S/C16H13ClF2N4O/c1-2-12(20)15-22-14-11(19)4-3-10(17)13(14)16(24)23(15)9-5-8(18)6-21-7-9/h3-7,12H,2,20H2,1H3. The summed E-state index contributed by atoms with van der Waals surface area (Å²) in [6.07, 6.45) is 2.76. The Hall–Kier alpha value is -2.38. The molecule has 124 valence electrons. The Morgan fingerprint density at radius 3 is 2.75 bits per heavy atom. The van der Waals surface area contributed by atoms with Crippen molar-refractivity contribution in [3.8, 4) is 5.69 Å². The monoisotopic (exact) mass is 350 g/mol. The minimum Gasteiger partial charge on any atom is -0.321 e. The predicted molar refractivity (Wildman–Crippen MR) is 87.3 cm³/mol. The molecule has 1 aromatic carbocycles. The third-order valence-electron chi connectivity index (χ3n) is 3.67. The van der Waals surface area contributed by atoms with Crippen molar-refractivity contribution in [1.82, 2.24) is 14.5 Å². The zero-order valence-electron chi connectivity index (χ0n) is 12.6. The average Bonchev–Trinajstić information content (AvgIpc) is 2.56. The zero-order chi connectivity index (χ0) is 17.4. The van der Waals surface area contributed by atoms with Gasteiger partial charge in [-0.05, 0) is 18.6 Å². The first-order valence-electron chi connectivity index (χ1n) is 7.21. The van der Waals surface area contributed by atoms with Crippen LogP contribution >= 0.6 is 11.6 Å². The molecule has 3 rings (SSSR count). The second-order valence-electron chi connectivity index (χ2n) is 5.24. The van der Waals surface area contributed by atoms with Gasteiger partial charge in [-0.25, -0.2) is 13.8 Å². The van der Waals surface area contributed by atoms with Crippen LogP contribution in [0.2, 0.25) is 5.02 Å². The van der Waals surface area contributed by atoms with Gasteiger partial charge < -0.3 is 5.73 Å². The Labute approximate surface area is 140 Å². The van der Waals surface area contributed by atoms with Crippen LogP contribution in [0.1, 0.15) is 25.2 Å². The van der Waals surface area contributed by atoms with Gasteiger partial charge in [0.1, 0.15) is 23.0 Å². The molecule has 0 aliphatic carbocycles. The van der Waals surface area contributed by atoms with Crippen LogP contribution in [0.4, 0.5) is 8.78 Å². The molecule has 0 bridgehead atoms. The van der Waals surface area contributed by atoms with E-state index in [1.807, 2.05) is 0 Å². The van der Waals surface area contributed by atoms with E-state index in [2.05, 4.69) is 9.97 Å². The van der Waals surface area contributed by atoms with Gasteiger partial charge in [0.15, 0.2) is 0 Å². The molecule has 1 atom stereocenters. The van der Waals surface area contributed by atoms with E-state index in [0.717, 1.165) is 22.9 Å². The molecular formula is C16H13ClF2N4O. The van der Waals surface area contributed by atoms with E-state index in [9.17, 15) is 13.6 Å². The van der Waals surface area contributed by atoms with E-state index in [0.29, 0.717) is 6.42 Å². The topological polar surface area (TPSA) is 73.8 Å². The Balaban J connectivity index is 2.48. The first-order chi connectivity index (χ1) is 11.4. The van der Waals surface area contributed by atoms with Gasteiger partial charge in [-0.2, -0.15) is 0 Å². The molecule has 0 saturated heterocycles. The summed E-state index contributed by atoms with van der Waals surface area (Å²) >= 11 is 6.05. The van der Waals surface area contributed by atoms with E-state index in [1.165, 1.54) is 12.3 Å². The fourth-order valence-electron chi connectivity index (χ4n) is 2.44. The van der Waals surface area contributed by atoms with Gasteiger partial charge in [-0.1, -0.05) is 18.5 Å². The molecule has 0 fully saturated rings. The van der Waals surface area contributed by atoms with E-state index in [-0.39, 0.29) is 27.4 Å². The molecular weight excluding hydrogens is 338 g/mol. The van der Waals surface area contributed by atoms with Gasteiger partial charge >= 0.3 is 0 Å². The van der Waals surface area contributed by atoms with Crippen molar-refractivity contribution >= 4 is 22.5 Å². The van der Waals surface area contributed by atoms with Crippen LogP contribution in [-0.2, 0) is 0 Å². The summed E-state index contributed by atoms with van der Waals surface area (Å²) in [6.45, 7) is 1.80. The summed E-state index contributed by atoms with van der Waals surface area (Å²) in [5.74, 6) is -1.19. The second kappa shape index (κ2) is 6.26. The number of pyridine rings is 1. The highest BCUT2D eigenvalue weighted by molar-refractivity contribution is 6.35. The molecule has 0 amide bonds. The van der Waals surface area contributed by atoms with Crippen LogP contribution in [0.5, 0.6) is 0 Å². The maximum Gasteiger partial charge on any atom is 0.267 e. The summed E-state index contributed by atoms with van der Waals surface area (Å²) < 4.78 is 28.8. The fourth-order valence-corrected chi connectivity index (χ4v) is 2.67. The number of nitrogens with two attached hydrogens (primary N) is 1. The van der Waals surface area contributed by atoms with Crippen LogP contribution in [0, 0.1) is 11.6 Å². The van der Waals surface area contributed by atoms with Crippen LogP contribution in [0.15, 0.2) is 35.4 Å². The molecule has 24 heavy (non-hydrogen) atoms. The molecule has 2 aromatic heterocycles. The number of halogens is 3. The molecule has 2 N–H and O–H groups in total. The summed E-state index contributed by atoms with van der Waals surface area (Å²) in [4.78, 5) is 20.9. The minimum atomic E-state index is -0.680. The lowest BCUT2D eigenvalue weighted by molar-refractivity contribution is 0.601. The summed E-state index contributed by atoms with van der Waals surface area (Å²) in [5, 5.41) is -0.0355. The SMILES string of the molecule is CCC(N)c1nc2c(F)ccc(Cl)c2c(=O)n1-c1cncc(F)c1. The normalized spacial score (nSPS) is 12.5. The molecule has 3 aromatic rings. The molecule has 0 radical (unpaired) electrons. The Kier molecular flexibility index (Phi) is 4.29. The van der Waals surface area contributed by atoms with E-state index >= 15 is 0 Å². The van der Waals surface area contributed by atoms with Gasteiger partial charge in [0.2, 0.25) is 0 Å². The molecule has 0 aliphatic rings. The van der Waals surface area contributed by atoms with Crippen molar-refractivity contribution in [2.24, 2.45) is 5.73 Å². The average molecular weight is 351 g/mol. The zero-order valence-corrected chi connectivity index (χ0v) is 13.4. The molecule has 5 nitrogen and oxygen atoms in total. The van der Waals surface area contributed by atoms with Gasteiger partial charge in [0, 0.05) is 6.07 Å².